The summed E-state index contributed by atoms with van der Waals surface area (Å²) >= 11 is 3.55. The number of rotatable bonds is 6. The number of benzene rings is 1. The molecule has 0 aliphatic rings. The highest BCUT2D eigenvalue weighted by Crippen LogP contribution is 2.28. The summed E-state index contributed by atoms with van der Waals surface area (Å²) < 4.78 is 1.17. The van der Waals surface area contributed by atoms with E-state index < -0.39 is 0 Å². The van der Waals surface area contributed by atoms with Gasteiger partial charge in [-0.25, -0.2) is 0 Å². The highest BCUT2D eigenvalue weighted by Gasteiger charge is 2.19. The summed E-state index contributed by atoms with van der Waals surface area (Å²) in [5.74, 6) is 0.717. The lowest BCUT2D eigenvalue weighted by Gasteiger charge is -2.26. The Morgan fingerprint density at radius 1 is 1.19 bits per heavy atom. The van der Waals surface area contributed by atoms with Crippen LogP contribution in [0.4, 0.5) is 0 Å². The second-order valence-electron chi connectivity index (χ2n) is 4.17. The number of hydrogen-bond donors (Lipinski definition) is 1. The predicted octanol–water partition coefficient (Wildman–Crippen LogP) is 4.54. The van der Waals surface area contributed by atoms with Gasteiger partial charge >= 0.3 is 0 Å². The first kappa shape index (κ1) is 13.7. The molecule has 90 valence electrons. The molecule has 1 rings (SSSR count). The highest BCUT2D eigenvalue weighted by molar-refractivity contribution is 9.10. The van der Waals surface area contributed by atoms with Crippen molar-refractivity contribution in [2.45, 2.75) is 39.7 Å². The molecule has 0 saturated heterocycles. The predicted molar refractivity (Wildman–Crippen MR) is 74.6 cm³/mol. The van der Waals surface area contributed by atoms with Gasteiger partial charge < -0.3 is 5.32 Å². The molecule has 16 heavy (non-hydrogen) atoms. The standard InChI is InChI=1S/C14H22BrN/c1-4-11(5-2)14(16-6-3)12-8-7-9-13(15)10-12/h7-11,14,16H,4-6H2,1-3H3. The van der Waals surface area contributed by atoms with Gasteiger partial charge in [0.05, 0.1) is 0 Å². The third-order valence-corrected chi connectivity index (χ3v) is 3.65. The molecule has 1 aromatic carbocycles. The van der Waals surface area contributed by atoms with Crippen LogP contribution in [-0.2, 0) is 0 Å². The van der Waals surface area contributed by atoms with E-state index in [1.165, 1.54) is 22.9 Å². The summed E-state index contributed by atoms with van der Waals surface area (Å²) in [4.78, 5) is 0. The molecule has 0 heterocycles. The molecule has 1 nitrogen and oxygen atoms in total. The molecule has 0 bridgehead atoms. The van der Waals surface area contributed by atoms with Crippen molar-refractivity contribution in [2.24, 2.45) is 5.92 Å². The minimum absolute atomic E-state index is 0.484. The van der Waals surface area contributed by atoms with E-state index in [-0.39, 0.29) is 0 Å². The van der Waals surface area contributed by atoms with Crippen LogP contribution < -0.4 is 5.32 Å². The largest absolute Gasteiger partial charge is 0.310 e. The minimum atomic E-state index is 0.484. The molecule has 1 N–H and O–H groups in total. The van der Waals surface area contributed by atoms with Gasteiger partial charge in [0.15, 0.2) is 0 Å². The fourth-order valence-electron chi connectivity index (χ4n) is 2.24. The van der Waals surface area contributed by atoms with E-state index in [2.05, 4.69) is 66.3 Å². The number of halogens is 1. The Kier molecular flexibility index (Phi) is 6.07. The van der Waals surface area contributed by atoms with E-state index in [0.29, 0.717) is 12.0 Å². The summed E-state index contributed by atoms with van der Waals surface area (Å²) in [6.07, 6.45) is 2.45. The van der Waals surface area contributed by atoms with E-state index in [1.54, 1.807) is 0 Å². The Morgan fingerprint density at radius 3 is 2.38 bits per heavy atom. The average molecular weight is 284 g/mol. The molecular weight excluding hydrogens is 262 g/mol. The molecule has 1 atom stereocenters. The molecule has 0 spiro atoms. The van der Waals surface area contributed by atoms with Crippen LogP contribution in [0.5, 0.6) is 0 Å². The van der Waals surface area contributed by atoms with Crippen molar-refractivity contribution in [2.75, 3.05) is 6.54 Å². The fraction of sp³-hybridized carbons (Fsp3) is 0.571. The van der Waals surface area contributed by atoms with Gasteiger partial charge in [0.2, 0.25) is 0 Å². The first-order valence-electron chi connectivity index (χ1n) is 6.21. The van der Waals surface area contributed by atoms with Crippen LogP contribution in [0.25, 0.3) is 0 Å². The van der Waals surface area contributed by atoms with Gasteiger partial charge in [0, 0.05) is 10.5 Å². The van der Waals surface area contributed by atoms with Gasteiger partial charge in [-0.3, -0.25) is 0 Å². The Balaban J connectivity index is 2.91. The van der Waals surface area contributed by atoms with Crippen LogP contribution in [0, 0.1) is 5.92 Å². The van der Waals surface area contributed by atoms with Gasteiger partial charge in [-0.2, -0.15) is 0 Å². The van der Waals surface area contributed by atoms with Crippen molar-refractivity contribution >= 4 is 15.9 Å². The number of hydrogen-bond acceptors (Lipinski definition) is 1. The molecule has 0 amide bonds. The molecule has 0 fully saturated rings. The average Bonchev–Trinajstić information content (AvgIpc) is 2.29. The van der Waals surface area contributed by atoms with Crippen molar-refractivity contribution in [1.82, 2.24) is 5.32 Å². The van der Waals surface area contributed by atoms with Crippen LogP contribution in [0.1, 0.15) is 45.2 Å². The smallest absolute Gasteiger partial charge is 0.0348 e. The fourth-order valence-corrected chi connectivity index (χ4v) is 2.65. The summed E-state index contributed by atoms with van der Waals surface area (Å²) in [6, 6.07) is 9.13. The molecule has 1 unspecified atom stereocenters. The maximum atomic E-state index is 3.61. The normalized spacial score (nSPS) is 13.1. The zero-order chi connectivity index (χ0) is 12.0. The van der Waals surface area contributed by atoms with Crippen LogP contribution in [0.2, 0.25) is 0 Å². The zero-order valence-electron chi connectivity index (χ0n) is 10.5. The van der Waals surface area contributed by atoms with Crippen LogP contribution in [0.3, 0.4) is 0 Å². The molecule has 0 aliphatic heterocycles. The van der Waals surface area contributed by atoms with Crippen LogP contribution >= 0.6 is 15.9 Å². The molecule has 0 aromatic heterocycles. The van der Waals surface area contributed by atoms with Crippen molar-refractivity contribution in [1.29, 1.82) is 0 Å². The molecule has 1 aromatic rings. The minimum Gasteiger partial charge on any atom is -0.310 e. The lowest BCUT2D eigenvalue weighted by Crippen LogP contribution is -2.27. The maximum Gasteiger partial charge on any atom is 0.0348 e. The Labute approximate surface area is 108 Å². The van der Waals surface area contributed by atoms with Gasteiger partial charge in [-0.1, -0.05) is 61.7 Å². The summed E-state index contributed by atoms with van der Waals surface area (Å²) in [6.45, 7) is 7.74. The third kappa shape index (κ3) is 3.60. The summed E-state index contributed by atoms with van der Waals surface area (Å²) in [7, 11) is 0. The van der Waals surface area contributed by atoms with Crippen LogP contribution in [-0.4, -0.2) is 6.54 Å². The van der Waals surface area contributed by atoms with Gasteiger partial charge in [0.1, 0.15) is 0 Å². The Hall–Kier alpha value is -0.340. The van der Waals surface area contributed by atoms with Crippen molar-refractivity contribution < 1.29 is 0 Å². The monoisotopic (exact) mass is 283 g/mol. The van der Waals surface area contributed by atoms with E-state index in [4.69, 9.17) is 0 Å². The number of nitrogens with one attached hydrogen (secondary N) is 1. The summed E-state index contributed by atoms with van der Waals surface area (Å²) in [5, 5.41) is 3.61. The zero-order valence-corrected chi connectivity index (χ0v) is 12.0. The third-order valence-electron chi connectivity index (χ3n) is 3.15. The lowest BCUT2D eigenvalue weighted by molar-refractivity contribution is 0.346. The van der Waals surface area contributed by atoms with E-state index in [0.717, 1.165) is 6.54 Å². The molecule has 2 heteroatoms. The van der Waals surface area contributed by atoms with E-state index in [1.807, 2.05) is 0 Å². The maximum absolute atomic E-state index is 3.61. The van der Waals surface area contributed by atoms with Gasteiger partial charge in [0.25, 0.3) is 0 Å². The molecule has 0 aliphatic carbocycles. The van der Waals surface area contributed by atoms with Crippen molar-refractivity contribution in [3.8, 4) is 0 Å². The SMILES string of the molecule is CCNC(c1cccc(Br)c1)C(CC)CC. The topological polar surface area (TPSA) is 12.0 Å². The first-order chi connectivity index (χ1) is 7.72. The molecule has 0 saturated carbocycles. The second-order valence-corrected chi connectivity index (χ2v) is 5.08. The second kappa shape index (κ2) is 7.08. The van der Waals surface area contributed by atoms with Crippen molar-refractivity contribution in [3.05, 3.63) is 34.3 Å². The van der Waals surface area contributed by atoms with Gasteiger partial charge in [-0.05, 0) is 30.2 Å². The molecule has 0 radical (unpaired) electrons. The van der Waals surface area contributed by atoms with E-state index >= 15 is 0 Å². The lowest BCUT2D eigenvalue weighted by atomic mass is 9.89. The van der Waals surface area contributed by atoms with E-state index in [9.17, 15) is 0 Å². The quantitative estimate of drug-likeness (QED) is 0.809. The van der Waals surface area contributed by atoms with Gasteiger partial charge in [-0.15, -0.1) is 0 Å². The highest BCUT2D eigenvalue weighted by atomic mass is 79.9. The first-order valence-corrected chi connectivity index (χ1v) is 7.01. The Bertz CT molecular complexity index is 307. The summed E-state index contributed by atoms with van der Waals surface area (Å²) in [5.41, 5.74) is 1.39. The van der Waals surface area contributed by atoms with Crippen LogP contribution in [0.15, 0.2) is 28.7 Å². The Morgan fingerprint density at radius 2 is 1.88 bits per heavy atom. The van der Waals surface area contributed by atoms with Crippen molar-refractivity contribution in [3.63, 3.8) is 0 Å². The molecular formula is C14H22BrN.